The number of ether oxygens (including phenoxy) is 2. The largest absolute Gasteiger partial charge is 0.488 e. The van der Waals surface area contributed by atoms with Crippen LogP contribution in [0.25, 0.3) is 6.08 Å². The second-order valence-electron chi connectivity index (χ2n) is 5.32. The molecule has 0 fully saturated rings. The van der Waals surface area contributed by atoms with Crippen LogP contribution in [-0.4, -0.2) is 31.6 Å². The van der Waals surface area contributed by atoms with Crippen molar-refractivity contribution in [2.24, 2.45) is 0 Å². The van der Waals surface area contributed by atoms with Gasteiger partial charge in [-0.2, -0.15) is 0 Å². The molecule has 1 N–H and O–H groups in total. The van der Waals surface area contributed by atoms with Crippen LogP contribution in [0.4, 0.5) is 0 Å². The van der Waals surface area contributed by atoms with E-state index in [-0.39, 0.29) is 12.5 Å². The molecular weight excluding hydrogens is 330 g/mol. The Morgan fingerprint density at radius 2 is 2.25 bits per heavy atom. The Morgan fingerprint density at radius 1 is 1.42 bits per heavy atom. The zero-order chi connectivity index (χ0) is 17.4. The molecule has 128 valence electrons. The van der Waals surface area contributed by atoms with Crippen molar-refractivity contribution in [2.75, 3.05) is 19.8 Å². The van der Waals surface area contributed by atoms with Crippen LogP contribution in [0.3, 0.4) is 0 Å². The van der Waals surface area contributed by atoms with Crippen molar-refractivity contribution in [1.29, 1.82) is 0 Å². The summed E-state index contributed by atoms with van der Waals surface area (Å²) in [7, 11) is 0. The van der Waals surface area contributed by atoms with Crippen molar-refractivity contribution in [3.8, 4) is 5.75 Å². The fraction of sp³-hybridized carbons (Fsp3) is 0.333. The van der Waals surface area contributed by atoms with E-state index < -0.39 is 5.97 Å². The number of nitrogens with one attached hydrogen (secondary N) is 1. The average Bonchev–Trinajstić information content (AvgIpc) is 2.58. The zero-order valence-electron chi connectivity index (χ0n) is 13.5. The molecule has 6 heteroatoms. The topological polar surface area (TPSA) is 64.6 Å². The maximum absolute atomic E-state index is 11.7. The Bertz CT molecular complexity index is 667. The lowest BCUT2D eigenvalue weighted by Crippen LogP contribution is -2.29. The standard InChI is InChI=1S/C18H20ClNO4/c1-2-3-8-23-18(22)11-20-17(21)7-4-13-9-14-10-15(19)5-6-16(14)24-12-13/h4-7,9-10H,2-3,8,11-12H2,1H3,(H,20,21)/b7-4+. The van der Waals surface area contributed by atoms with E-state index in [1.54, 1.807) is 18.2 Å². The van der Waals surface area contributed by atoms with E-state index in [0.29, 0.717) is 18.2 Å². The zero-order valence-corrected chi connectivity index (χ0v) is 14.3. The Kier molecular flexibility index (Phi) is 6.88. The third-order valence-electron chi connectivity index (χ3n) is 3.32. The molecule has 1 aromatic rings. The van der Waals surface area contributed by atoms with Crippen LogP contribution in [0.1, 0.15) is 25.3 Å². The van der Waals surface area contributed by atoms with Gasteiger partial charge in [0.1, 0.15) is 18.9 Å². The van der Waals surface area contributed by atoms with Gasteiger partial charge in [-0.15, -0.1) is 0 Å². The van der Waals surface area contributed by atoms with E-state index in [9.17, 15) is 9.59 Å². The van der Waals surface area contributed by atoms with Crippen molar-refractivity contribution in [2.45, 2.75) is 19.8 Å². The summed E-state index contributed by atoms with van der Waals surface area (Å²) >= 11 is 5.96. The molecule has 0 saturated carbocycles. The SMILES string of the molecule is CCCCOC(=O)CNC(=O)/C=C/C1=Cc2cc(Cl)ccc2OC1. The summed E-state index contributed by atoms with van der Waals surface area (Å²) in [6, 6.07) is 5.38. The lowest BCUT2D eigenvalue weighted by Gasteiger charge is -2.16. The highest BCUT2D eigenvalue weighted by Gasteiger charge is 2.10. The number of carbonyl (C=O) groups excluding carboxylic acids is 2. The lowest BCUT2D eigenvalue weighted by atomic mass is 10.1. The summed E-state index contributed by atoms with van der Waals surface area (Å²) in [6.45, 7) is 2.63. The number of hydrogen-bond acceptors (Lipinski definition) is 4. The average molecular weight is 350 g/mol. The number of carbonyl (C=O) groups is 2. The minimum atomic E-state index is -0.436. The number of esters is 1. The Hall–Kier alpha value is -2.27. The van der Waals surface area contributed by atoms with Crippen LogP contribution in [0.15, 0.2) is 35.9 Å². The summed E-state index contributed by atoms with van der Waals surface area (Å²) in [6.07, 6.45) is 6.70. The maximum atomic E-state index is 11.7. The first-order chi connectivity index (χ1) is 11.6. The van der Waals surface area contributed by atoms with E-state index in [2.05, 4.69) is 5.32 Å². The quantitative estimate of drug-likeness (QED) is 0.466. The number of rotatable bonds is 7. The minimum Gasteiger partial charge on any atom is -0.488 e. The van der Waals surface area contributed by atoms with Gasteiger partial charge in [-0.25, -0.2) is 0 Å². The van der Waals surface area contributed by atoms with E-state index >= 15 is 0 Å². The Morgan fingerprint density at radius 3 is 3.04 bits per heavy atom. The maximum Gasteiger partial charge on any atom is 0.325 e. The molecule has 0 atom stereocenters. The van der Waals surface area contributed by atoms with Gasteiger partial charge >= 0.3 is 5.97 Å². The molecule has 1 aliphatic rings. The molecule has 0 spiro atoms. The molecule has 0 unspecified atom stereocenters. The molecule has 2 rings (SSSR count). The molecule has 0 aromatic heterocycles. The molecule has 0 bridgehead atoms. The number of halogens is 1. The molecule has 0 aliphatic carbocycles. The predicted octanol–water partition coefficient (Wildman–Crippen LogP) is 3.13. The van der Waals surface area contributed by atoms with Gasteiger partial charge in [0.2, 0.25) is 5.91 Å². The summed E-state index contributed by atoms with van der Waals surface area (Å²) in [4.78, 5) is 23.1. The second-order valence-corrected chi connectivity index (χ2v) is 5.75. The van der Waals surface area contributed by atoms with Crippen molar-refractivity contribution < 1.29 is 19.1 Å². The highest BCUT2D eigenvalue weighted by molar-refractivity contribution is 6.30. The second kappa shape index (κ2) is 9.13. The summed E-state index contributed by atoms with van der Waals surface area (Å²) in [5.41, 5.74) is 1.71. The summed E-state index contributed by atoms with van der Waals surface area (Å²) < 4.78 is 10.5. The molecule has 24 heavy (non-hydrogen) atoms. The van der Waals surface area contributed by atoms with Crippen molar-refractivity contribution in [3.05, 3.63) is 46.5 Å². The number of benzene rings is 1. The molecular formula is C18H20ClNO4. The van der Waals surface area contributed by atoms with Gasteiger partial charge in [-0.3, -0.25) is 9.59 Å². The molecule has 0 saturated heterocycles. The third-order valence-corrected chi connectivity index (χ3v) is 3.56. The Balaban J connectivity index is 1.83. The van der Waals surface area contributed by atoms with Gasteiger partial charge in [0.25, 0.3) is 0 Å². The highest BCUT2D eigenvalue weighted by Crippen LogP contribution is 2.29. The normalized spacial score (nSPS) is 13.0. The van der Waals surface area contributed by atoms with Gasteiger partial charge in [0, 0.05) is 16.7 Å². The monoisotopic (exact) mass is 349 g/mol. The molecule has 1 aliphatic heterocycles. The Labute approximate surface area is 146 Å². The summed E-state index contributed by atoms with van der Waals surface area (Å²) in [5.74, 6) is -0.0370. The minimum absolute atomic E-state index is 0.138. The van der Waals surface area contributed by atoms with Crippen molar-refractivity contribution >= 4 is 29.6 Å². The predicted molar refractivity (Wildman–Crippen MR) is 92.9 cm³/mol. The number of hydrogen-bond donors (Lipinski definition) is 1. The van der Waals surface area contributed by atoms with E-state index in [1.807, 2.05) is 19.1 Å². The fourth-order valence-electron chi connectivity index (χ4n) is 2.04. The fourth-order valence-corrected chi connectivity index (χ4v) is 2.23. The number of fused-ring (bicyclic) bond motifs is 1. The van der Waals surface area contributed by atoms with Crippen LogP contribution in [0, 0.1) is 0 Å². The molecule has 1 aromatic carbocycles. The molecule has 1 amide bonds. The molecule has 0 radical (unpaired) electrons. The van der Waals surface area contributed by atoms with Crippen molar-refractivity contribution in [1.82, 2.24) is 5.32 Å². The van der Waals surface area contributed by atoms with Crippen LogP contribution < -0.4 is 10.1 Å². The lowest BCUT2D eigenvalue weighted by molar-refractivity contribution is -0.143. The van der Waals surface area contributed by atoms with Gasteiger partial charge in [-0.05, 0) is 36.3 Å². The van der Waals surface area contributed by atoms with Crippen LogP contribution in [-0.2, 0) is 14.3 Å². The van der Waals surface area contributed by atoms with E-state index in [1.165, 1.54) is 6.08 Å². The van der Waals surface area contributed by atoms with Crippen LogP contribution >= 0.6 is 11.6 Å². The van der Waals surface area contributed by atoms with Crippen LogP contribution in [0.5, 0.6) is 5.75 Å². The first kappa shape index (κ1) is 18.1. The van der Waals surface area contributed by atoms with Gasteiger partial charge in [0.05, 0.1) is 6.61 Å². The smallest absolute Gasteiger partial charge is 0.325 e. The molecule has 1 heterocycles. The first-order valence-corrected chi connectivity index (χ1v) is 8.20. The van der Waals surface area contributed by atoms with Gasteiger partial charge < -0.3 is 14.8 Å². The highest BCUT2D eigenvalue weighted by atomic mass is 35.5. The molecule has 5 nitrogen and oxygen atoms in total. The summed E-state index contributed by atoms with van der Waals surface area (Å²) in [5, 5.41) is 3.11. The van der Waals surface area contributed by atoms with Gasteiger partial charge in [-0.1, -0.05) is 31.0 Å². The van der Waals surface area contributed by atoms with Gasteiger partial charge in [0.15, 0.2) is 0 Å². The van der Waals surface area contributed by atoms with E-state index in [4.69, 9.17) is 21.1 Å². The van der Waals surface area contributed by atoms with E-state index in [0.717, 1.165) is 29.7 Å². The number of unbranched alkanes of at least 4 members (excludes halogenated alkanes) is 1. The third kappa shape index (κ3) is 5.74. The number of amides is 1. The van der Waals surface area contributed by atoms with Crippen LogP contribution in [0.2, 0.25) is 5.02 Å². The first-order valence-electron chi connectivity index (χ1n) is 7.83. The van der Waals surface area contributed by atoms with Crippen molar-refractivity contribution in [3.63, 3.8) is 0 Å².